The van der Waals surface area contributed by atoms with Crippen molar-refractivity contribution in [2.45, 2.75) is 24.8 Å². The van der Waals surface area contributed by atoms with E-state index in [1.165, 1.54) is 42.5 Å². The lowest BCUT2D eigenvalue weighted by molar-refractivity contribution is -0.384. The molecule has 0 aliphatic rings. The zero-order valence-corrected chi connectivity index (χ0v) is 16.7. The van der Waals surface area contributed by atoms with E-state index in [1.54, 1.807) is 19.1 Å². The van der Waals surface area contributed by atoms with Crippen LogP contribution in [0.4, 0.5) is 5.69 Å². The Hall–Kier alpha value is -3.30. The summed E-state index contributed by atoms with van der Waals surface area (Å²) in [6, 6.07) is 10.3. The number of rotatable bonds is 8. The van der Waals surface area contributed by atoms with Crippen LogP contribution >= 0.6 is 0 Å². The average molecular weight is 416 g/mol. The minimum Gasteiger partial charge on any atom is -0.432 e. The summed E-state index contributed by atoms with van der Waals surface area (Å²) in [6.07, 6.45) is 2.35. The Labute approximate surface area is 168 Å². The van der Waals surface area contributed by atoms with Crippen molar-refractivity contribution in [3.63, 3.8) is 0 Å². The predicted molar refractivity (Wildman–Crippen MR) is 107 cm³/mol. The van der Waals surface area contributed by atoms with E-state index in [4.69, 9.17) is 4.74 Å². The number of hydrogen-bond donors (Lipinski definition) is 1. The first-order valence-corrected chi connectivity index (χ1v) is 9.99. The van der Waals surface area contributed by atoms with E-state index in [-0.39, 0.29) is 16.2 Å². The Balaban J connectivity index is 2.51. The molecule has 2 aromatic rings. The van der Waals surface area contributed by atoms with Gasteiger partial charge in [0, 0.05) is 12.1 Å². The molecule has 1 N–H and O–H groups in total. The van der Waals surface area contributed by atoms with Crippen molar-refractivity contribution in [1.29, 1.82) is 0 Å². The molecule has 152 valence electrons. The van der Waals surface area contributed by atoms with Crippen LogP contribution in [0.3, 0.4) is 0 Å². The lowest BCUT2D eigenvalue weighted by Crippen LogP contribution is -2.32. The molecule has 0 fully saturated rings. The molecule has 0 aliphatic heterocycles. The van der Waals surface area contributed by atoms with E-state index in [1.807, 2.05) is 6.92 Å². The molecule has 9 heteroatoms. The Bertz CT molecular complexity index is 1040. The molecule has 29 heavy (non-hydrogen) atoms. The third-order valence-corrected chi connectivity index (χ3v) is 5.53. The first-order chi connectivity index (χ1) is 13.7. The van der Waals surface area contributed by atoms with E-state index < -0.39 is 27.0 Å². The fourth-order valence-electron chi connectivity index (χ4n) is 2.59. The number of nitrogens with one attached hydrogen (secondary N) is 1. The van der Waals surface area contributed by atoms with Crippen molar-refractivity contribution in [1.82, 2.24) is 4.72 Å². The zero-order chi connectivity index (χ0) is 21.6. The first-order valence-electron chi connectivity index (χ1n) is 8.51. The van der Waals surface area contributed by atoms with E-state index in [2.05, 4.69) is 11.3 Å². The van der Waals surface area contributed by atoms with E-state index in [0.717, 1.165) is 11.8 Å². The zero-order valence-electron chi connectivity index (χ0n) is 15.9. The number of nitro benzene ring substituents is 1. The van der Waals surface area contributed by atoms with E-state index >= 15 is 0 Å². The second kappa shape index (κ2) is 9.26. The summed E-state index contributed by atoms with van der Waals surface area (Å²) < 4.78 is 33.1. The molecule has 0 saturated carbocycles. The van der Waals surface area contributed by atoms with Crippen molar-refractivity contribution < 1.29 is 22.9 Å². The molecular formula is C20H20N2O6S. The molecule has 0 aromatic heterocycles. The lowest BCUT2D eigenvalue weighted by Gasteiger charge is -2.21. The van der Waals surface area contributed by atoms with Crippen LogP contribution in [0.25, 0.3) is 0 Å². The molecule has 0 saturated heterocycles. The molecule has 1 unspecified atom stereocenters. The van der Waals surface area contributed by atoms with Gasteiger partial charge in [-0.15, -0.1) is 0 Å². The largest absolute Gasteiger partial charge is 0.432 e. The molecule has 0 spiro atoms. The van der Waals surface area contributed by atoms with Gasteiger partial charge in [-0.3, -0.25) is 10.1 Å². The van der Waals surface area contributed by atoms with Crippen LogP contribution in [0.1, 0.15) is 24.1 Å². The molecular weight excluding hydrogens is 396 g/mol. The highest BCUT2D eigenvalue weighted by atomic mass is 32.2. The second-order valence-corrected chi connectivity index (χ2v) is 7.75. The van der Waals surface area contributed by atoms with Gasteiger partial charge in [0.05, 0.1) is 27.7 Å². The van der Waals surface area contributed by atoms with Gasteiger partial charge in [0.2, 0.25) is 10.0 Å². The number of nitro groups is 1. The van der Waals surface area contributed by atoms with Gasteiger partial charge in [-0.25, -0.2) is 13.2 Å². The highest BCUT2D eigenvalue weighted by Crippen LogP contribution is 2.27. The maximum absolute atomic E-state index is 12.9. The summed E-state index contributed by atoms with van der Waals surface area (Å²) in [5.41, 5.74) is 1.07. The number of allylic oxidation sites excluding steroid dienone is 1. The number of aryl methyl sites for hydroxylation is 1. The maximum Gasteiger partial charge on any atom is 0.340 e. The van der Waals surface area contributed by atoms with Crippen LogP contribution in [-0.2, 0) is 19.6 Å². The van der Waals surface area contributed by atoms with Gasteiger partial charge in [0.15, 0.2) is 0 Å². The van der Waals surface area contributed by atoms with Crippen molar-refractivity contribution in [2.75, 3.05) is 0 Å². The molecule has 2 rings (SSSR count). The van der Waals surface area contributed by atoms with Gasteiger partial charge in [-0.2, -0.15) is 4.72 Å². The van der Waals surface area contributed by atoms with Gasteiger partial charge in [0.1, 0.15) is 0 Å². The molecule has 2 aromatic carbocycles. The summed E-state index contributed by atoms with van der Waals surface area (Å²) in [4.78, 5) is 22.7. The molecule has 0 aliphatic carbocycles. The summed E-state index contributed by atoms with van der Waals surface area (Å²) in [6.45, 7) is 6.71. The monoisotopic (exact) mass is 416 g/mol. The van der Waals surface area contributed by atoms with Gasteiger partial charge >= 0.3 is 5.97 Å². The third kappa shape index (κ3) is 5.37. The number of nitrogens with zero attached hydrogens (tertiary/aromatic N) is 1. The smallest absolute Gasteiger partial charge is 0.340 e. The van der Waals surface area contributed by atoms with Crippen molar-refractivity contribution in [2.24, 2.45) is 0 Å². The topological polar surface area (TPSA) is 116 Å². The van der Waals surface area contributed by atoms with E-state index in [9.17, 15) is 23.3 Å². The number of benzene rings is 2. The maximum atomic E-state index is 12.9. The van der Waals surface area contributed by atoms with Crippen LogP contribution in [0.15, 0.2) is 77.9 Å². The van der Waals surface area contributed by atoms with E-state index in [0.29, 0.717) is 5.56 Å². The highest BCUT2D eigenvalue weighted by Gasteiger charge is 2.29. The average Bonchev–Trinajstić information content (AvgIpc) is 2.68. The normalized spacial score (nSPS) is 12.8. The standard InChI is InChI=1S/C20H20N2O6S/c1-4-18(20(23)28-5-2)19(15-8-10-16(11-9-15)22(24)25)21-29(26,27)17-12-6-14(3)7-13-17/h4-13,19,21H,2H2,1,3H3/b18-4+. The van der Waals surface area contributed by atoms with Crippen LogP contribution in [0.5, 0.6) is 0 Å². The quantitative estimate of drug-likeness (QED) is 0.231. The Morgan fingerprint density at radius 1 is 1.17 bits per heavy atom. The number of esters is 1. The Morgan fingerprint density at radius 2 is 1.76 bits per heavy atom. The molecule has 0 amide bonds. The summed E-state index contributed by atoms with van der Waals surface area (Å²) in [7, 11) is -4.01. The molecule has 8 nitrogen and oxygen atoms in total. The fourth-order valence-corrected chi connectivity index (χ4v) is 3.79. The number of ether oxygens (including phenoxy) is 1. The predicted octanol–water partition coefficient (Wildman–Crippen LogP) is 3.56. The highest BCUT2D eigenvalue weighted by molar-refractivity contribution is 7.89. The van der Waals surface area contributed by atoms with Crippen molar-refractivity contribution >= 4 is 21.7 Å². The molecule has 0 bridgehead atoms. The summed E-state index contributed by atoms with van der Waals surface area (Å²) in [5.74, 6) is -0.794. The number of carbonyl (C=O) groups excluding carboxylic acids is 1. The second-order valence-electron chi connectivity index (χ2n) is 6.03. The first kappa shape index (κ1) is 22.0. The van der Waals surface area contributed by atoms with Crippen LogP contribution in [0, 0.1) is 17.0 Å². The number of carbonyl (C=O) groups is 1. The fraction of sp³-hybridized carbons (Fsp3) is 0.150. The van der Waals surface area contributed by atoms with Crippen LogP contribution in [0.2, 0.25) is 0 Å². The lowest BCUT2D eigenvalue weighted by atomic mass is 9.99. The number of non-ortho nitro benzene ring substituents is 1. The molecule has 0 heterocycles. The molecule has 0 radical (unpaired) electrons. The van der Waals surface area contributed by atoms with Crippen LogP contribution in [-0.4, -0.2) is 19.3 Å². The molecule has 1 atom stereocenters. The van der Waals surface area contributed by atoms with Gasteiger partial charge in [-0.1, -0.05) is 42.5 Å². The Morgan fingerprint density at radius 3 is 2.24 bits per heavy atom. The van der Waals surface area contributed by atoms with Gasteiger partial charge in [-0.05, 0) is 31.5 Å². The number of sulfonamides is 1. The summed E-state index contributed by atoms with van der Waals surface area (Å²) in [5, 5.41) is 10.9. The minimum atomic E-state index is -4.01. The van der Waals surface area contributed by atoms with Crippen LogP contribution < -0.4 is 4.72 Å². The summed E-state index contributed by atoms with van der Waals surface area (Å²) >= 11 is 0. The minimum absolute atomic E-state index is 0.00874. The van der Waals surface area contributed by atoms with Gasteiger partial charge in [0.25, 0.3) is 5.69 Å². The van der Waals surface area contributed by atoms with Gasteiger partial charge < -0.3 is 4.74 Å². The SMILES string of the molecule is C=COC(=O)/C(=C/C)C(NS(=O)(=O)c1ccc(C)cc1)c1ccc([N+](=O)[O-])cc1. The van der Waals surface area contributed by atoms with Crippen molar-refractivity contribution in [3.05, 3.63) is 94.3 Å². The Kier molecular flexibility index (Phi) is 7.03. The third-order valence-electron chi connectivity index (χ3n) is 4.09. The number of hydrogen-bond acceptors (Lipinski definition) is 6. The van der Waals surface area contributed by atoms with Crippen molar-refractivity contribution in [3.8, 4) is 0 Å².